The topological polar surface area (TPSA) is 71.5 Å². The Kier molecular flexibility index (Phi) is 5.10. The number of piperazine rings is 1. The summed E-state index contributed by atoms with van der Waals surface area (Å²) in [6, 6.07) is 7.74. The molecule has 2 amide bonds. The van der Waals surface area contributed by atoms with Crippen molar-refractivity contribution >= 4 is 23.2 Å². The van der Waals surface area contributed by atoms with Crippen molar-refractivity contribution in [2.45, 2.75) is 13.3 Å². The van der Waals surface area contributed by atoms with Crippen molar-refractivity contribution in [3.8, 4) is 16.3 Å². The molecule has 1 aromatic carbocycles. The van der Waals surface area contributed by atoms with E-state index in [2.05, 4.69) is 10.3 Å². The molecule has 1 fully saturated rings. The van der Waals surface area contributed by atoms with Crippen molar-refractivity contribution in [1.29, 1.82) is 0 Å². The number of rotatable bonds is 5. The molecule has 6 nitrogen and oxygen atoms in total. The lowest BCUT2D eigenvalue weighted by Crippen LogP contribution is -2.50. The summed E-state index contributed by atoms with van der Waals surface area (Å²) in [6.07, 6.45) is 0.209. The van der Waals surface area contributed by atoms with Crippen LogP contribution in [-0.4, -0.2) is 47.9 Å². The van der Waals surface area contributed by atoms with Gasteiger partial charge in [-0.1, -0.05) is 12.1 Å². The maximum absolute atomic E-state index is 12.3. The van der Waals surface area contributed by atoms with Crippen molar-refractivity contribution < 1.29 is 14.3 Å². The first-order valence-corrected chi connectivity index (χ1v) is 8.76. The summed E-state index contributed by atoms with van der Waals surface area (Å²) >= 11 is 1.49. The molecule has 2 heterocycles. The SMILES string of the molecule is CCOc1ccccc1-c1nc(CC(=O)N2CCNC(=O)C2)cs1. The molecule has 1 aliphatic heterocycles. The maximum Gasteiger partial charge on any atom is 0.239 e. The highest BCUT2D eigenvalue weighted by Crippen LogP contribution is 2.32. The lowest BCUT2D eigenvalue weighted by molar-refractivity contribution is -0.137. The second-order valence-electron chi connectivity index (χ2n) is 5.42. The predicted octanol–water partition coefficient (Wildman–Crippen LogP) is 1.71. The fraction of sp³-hybridized carbons (Fsp3) is 0.353. The summed E-state index contributed by atoms with van der Waals surface area (Å²) in [5.74, 6) is 0.610. The third kappa shape index (κ3) is 3.73. The van der Waals surface area contributed by atoms with E-state index in [4.69, 9.17) is 4.74 Å². The minimum absolute atomic E-state index is 0.0696. The van der Waals surface area contributed by atoms with Crippen LogP contribution in [0, 0.1) is 0 Å². The fourth-order valence-corrected chi connectivity index (χ4v) is 3.40. The second-order valence-corrected chi connectivity index (χ2v) is 6.27. The van der Waals surface area contributed by atoms with Crippen LogP contribution < -0.4 is 10.1 Å². The van der Waals surface area contributed by atoms with E-state index in [0.717, 1.165) is 22.0 Å². The highest BCUT2D eigenvalue weighted by molar-refractivity contribution is 7.13. The molecule has 0 unspecified atom stereocenters. The van der Waals surface area contributed by atoms with E-state index >= 15 is 0 Å². The van der Waals surface area contributed by atoms with Gasteiger partial charge in [0, 0.05) is 18.5 Å². The molecule has 2 aromatic rings. The molecule has 0 bridgehead atoms. The lowest BCUT2D eigenvalue weighted by atomic mass is 10.2. The van der Waals surface area contributed by atoms with E-state index < -0.39 is 0 Å². The summed E-state index contributed by atoms with van der Waals surface area (Å²) in [5, 5.41) is 5.43. The first kappa shape index (κ1) is 16.4. The summed E-state index contributed by atoms with van der Waals surface area (Å²) in [4.78, 5) is 29.8. The van der Waals surface area contributed by atoms with Crippen LogP contribution in [0.5, 0.6) is 5.75 Å². The Labute approximate surface area is 144 Å². The Balaban J connectivity index is 1.72. The maximum atomic E-state index is 12.3. The number of ether oxygens (including phenoxy) is 1. The molecule has 1 aromatic heterocycles. The van der Waals surface area contributed by atoms with Crippen LogP contribution in [0.3, 0.4) is 0 Å². The van der Waals surface area contributed by atoms with E-state index in [-0.39, 0.29) is 24.8 Å². The van der Waals surface area contributed by atoms with Crippen LogP contribution in [0.1, 0.15) is 12.6 Å². The zero-order chi connectivity index (χ0) is 16.9. The number of aromatic nitrogens is 1. The van der Waals surface area contributed by atoms with Gasteiger partial charge in [-0.05, 0) is 19.1 Å². The first-order valence-electron chi connectivity index (χ1n) is 7.88. The van der Waals surface area contributed by atoms with Gasteiger partial charge in [-0.15, -0.1) is 11.3 Å². The summed E-state index contributed by atoms with van der Waals surface area (Å²) in [7, 11) is 0. The second kappa shape index (κ2) is 7.44. The number of hydrogen-bond donors (Lipinski definition) is 1. The monoisotopic (exact) mass is 345 g/mol. The summed E-state index contributed by atoms with van der Waals surface area (Å²) < 4.78 is 5.64. The van der Waals surface area contributed by atoms with Crippen LogP contribution in [0.25, 0.3) is 10.6 Å². The number of thiazole rings is 1. The zero-order valence-corrected chi connectivity index (χ0v) is 14.3. The Morgan fingerprint density at radius 2 is 2.25 bits per heavy atom. The molecule has 24 heavy (non-hydrogen) atoms. The molecule has 1 aliphatic rings. The molecule has 1 saturated heterocycles. The average Bonchev–Trinajstić information content (AvgIpc) is 3.04. The lowest BCUT2D eigenvalue weighted by Gasteiger charge is -2.26. The Morgan fingerprint density at radius 3 is 3.04 bits per heavy atom. The molecule has 0 radical (unpaired) electrons. The van der Waals surface area contributed by atoms with Crippen molar-refractivity contribution in [1.82, 2.24) is 15.2 Å². The van der Waals surface area contributed by atoms with Gasteiger partial charge in [0.1, 0.15) is 10.8 Å². The van der Waals surface area contributed by atoms with Crippen LogP contribution in [0.15, 0.2) is 29.6 Å². The number of hydrogen-bond acceptors (Lipinski definition) is 5. The standard InChI is InChI=1S/C17H19N3O3S/c1-2-23-14-6-4-3-5-13(14)17-19-12(11-24-17)9-16(22)20-8-7-18-15(21)10-20/h3-6,11H,2,7-10H2,1H3,(H,18,21). The summed E-state index contributed by atoms with van der Waals surface area (Å²) in [5.41, 5.74) is 1.65. The van der Waals surface area contributed by atoms with Gasteiger partial charge in [-0.25, -0.2) is 4.98 Å². The molecule has 3 rings (SSSR count). The quantitative estimate of drug-likeness (QED) is 0.895. The van der Waals surface area contributed by atoms with Gasteiger partial charge >= 0.3 is 0 Å². The minimum Gasteiger partial charge on any atom is -0.493 e. The van der Waals surface area contributed by atoms with Gasteiger partial charge in [-0.2, -0.15) is 0 Å². The Bertz CT molecular complexity index is 744. The summed E-state index contributed by atoms with van der Waals surface area (Å²) in [6.45, 7) is 3.72. The van der Waals surface area contributed by atoms with E-state index in [1.165, 1.54) is 11.3 Å². The normalized spacial score (nSPS) is 14.4. The van der Waals surface area contributed by atoms with Crippen molar-refractivity contribution in [2.24, 2.45) is 0 Å². The molecular weight excluding hydrogens is 326 g/mol. The predicted molar refractivity (Wildman–Crippen MR) is 92.0 cm³/mol. The van der Waals surface area contributed by atoms with Gasteiger partial charge in [-0.3, -0.25) is 9.59 Å². The highest BCUT2D eigenvalue weighted by atomic mass is 32.1. The molecule has 0 spiro atoms. The number of benzene rings is 1. The van der Waals surface area contributed by atoms with Crippen LogP contribution in [0.4, 0.5) is 0 Å². The molecule has 7 heteroatoms. The van der Waals surface area contributed by atoms with Gasteiger partial charge in [0.15, 0.2) is 0 Å². The Hall–Kier alpha value is -2.41. The van der Waals surface area contributed by atoms with Crippen LogP contribution in [-0.2, 0) is 16.0 Å². The van der Waals surface area contributed by atoms with E-state index in [9.17, 15) is 9.59 Å². The largest absolute Gasteiger partial charge is 0.493 e. The van der Waals surface area contributed by atoms with Crippen molar-refractivity contribution in [2.75, 3.05) is 26.2 Å². The smallest absolute Gasteiger partial charge is 0.239 e. The number of nitrogens with one attached hydrogen (secondary N) is 1. The molecule has 0 aliphatic carbocycles. The molecule has 126 valence electrons. The first-order chi connectivity index (χ1) is 11.7. The zero-order valence-electron chi connectivity index (χ0n) is 13.4. The third-order valence-corrected chi connectivity index (χ3v) is 4.62. The van der Waals surface area contributed by atoms with Crippen LogP contribution >= 0.6 is 11.3 Å². The number of carbonyl (C=O) groups excluding carboxylic acids is 2. The van der Waals surface area contributed by atoms with Gasteiger partial charge in [0.2, 0.25) is 11.8 Å². The minimum atomic E-state index is -0.112. The molecule has 0 atom stereocenters. The van der Waals surface area contributed by atoms with E-state index in [0.29, 0.717) is 19.7 Å². The third-order valence-electron chi connectivity index (χ3n) is 3.69. The fourth-order valence-electron chi connectivity index (χ4n) is 2.55. The van der Waals surface area contributed by atoms with Gasteiger partial charge in [0.25, 0.3) is 0 Å². The van der Waals surface area contributed by atoms with Gasteiger partial charge in [0.05, 0.1) is 30.8 Å². The number of para-hydroxylation sites is 1. The molecular formula is C17H19N3O3S. The Morgan fingerprint density at radius 1 is 1.42 bits per heavy atom. The average molecular weight is 345 g/mol. The van der Waals surface area contributed by atoms with Crippen molar-refractivity contribution in [3.63, 3.8) is 0 Å². The van der Waals surface area contributed by atoms with E-state index in [1.54, 1.807) is 4.90 Å². The number of carbonyl (C=O) groups is 2. The highest BCUT2D eigenvalue weighted by Gasteiger charge is 2.22. The number of amides is 2. The van der Waals surface area contributed by atoms with Crippen LogP contribution in [0.2, 0.25) is 0 Å². The molecule has 0 saturated carbocycles. The number of nitrogens with zero attached hydrogens (tertiary/aromatic N) is 2. The molecule has 1 N–H and O–H groups in total. The van der Waals surface area contributed by atoms with Crippen molar-refractivity contribution in [3.05, 3.63) is 35.3 Å². The van der Waals surface area contributed by atoms with E-state index in [1.807, 2.05) is 36.6 Å². The van der Waals surface area contributed by atoms with Gasteiger partial charge < -0.3 is 15.0 Å².